The third-order valence-electron chi connectivity index (χ3n) is 5.99. The summed E-state index contributed by atoms with van der Waals surface area (Å²) in [6, 6.07) is -0.163. The van der Waals surface area contributed by atoms with Crippen molar-refractivity contribution in [3.8, 4) is 0 Å². The summed E-state index contributed by atoms with van der Waals surface area (Å²) in [6.07, 6.45) is 22.5. The van der Waals surface area contributed by atoms with E-state index < -0.39 is 0 Å². The summed E-state index contributed by atoms with van der Waals surface area (Å²) in [5.74, 6) is 0.244. The van der Waals surface area contributed by atoms with Gasteiger partial charge in [-0.2, -0.15) is 0 Å². The van der Waals surface area contributed by atoms with Gasteiger partial charge >= 0.3 is 0 Å². The van der Waals surface area contributed by atoms with Crippen molar-refractivity contribution in [1.29, 1.82) is 0 Å². The molecule has 30 heavy (non-hydrogen) atoms. The Bertz CT molecular complexity index is 748. The third-order valence-corrected chi connectivity index (χ3v) is 5.99. The Labute approximate surface area is 182 Å². The summed E-state index contributed by atoms with van der Waals surface area (Å²) in [5.41, 5.74) is 3.89. The van der Waals surface area contributed by atoms with E-state index >= 15 is 0 Å². The Morgan fingerprint density at radius 2 is 1.73 bits per heavy atom. The van der Waals surface area contributed by atoms with Crippen molar-refractivity contribution in [2.24, 2.45) is 0 Å². The first kappa shape index (κ1) is 22.5. The van der Waals surface area contributed by atoms with Crippen LogP contribution in [0.15, 0.2) is 71.9 Å². The highest BCUT2D eigenvalue weighted by atomic mass is 16.2. The molecule has 1 unspecified atom stereocenters. The number of amides is 1. The zero-order valence-electron chi connectivity index (χ0n) is 18.5. The quantitative estimate of drug-likeness (QED) is 0.583. The van der Waals surface area contributed by atoms with Gasteiger partial charge in [0.1, 0.15) is 0 Å². The minimum Gasteiger partial charge on any atom is -0.339 e. The smallest absolute Gasteiger partial charge is 0.240 e. The van der Waals surface area contributed by atoms with Crippen LogP contribution < -0.4 is 5.32 Å². The van der Waals surface area contributed by atoms with Gasteiger partial charge in [-0.05, 0) is 44.6 Å². The van der Waals surface area contributed by atoms with E-state index in [1.807, 2.05) is 6.08 Å². The van der Waals surface area contributed by atoms with Crippen molar-refractivity contribution in [1.82, 2.24) is 15.1 Å². The molecular weight excluding hydrogens is 370 g/mol. The summed E-state index contributed by atoms with van der Waals surface area (Å²) in [6.45, 7) is 11.1. The molecule has 1 saturated heterocycles. The summed E-state index contributed by atoms with van der Waals surface area (Å²) in [5, 5.41) is 3.57. The highest BCUT2D eigenvalue weighted by Crippen LogP contribution is 2.18. The van der Waals surface area contributed by atoms with Gasteiger partial charge in [0.15, 0.2) is 0 Å². The number of allylic oxidation sites excluding steroid dienone is 7. The second-order valence-corrected chi connectivity index (χ2v) is 8.51. The lowest BCUT2D eigenvalue weighted by Gasteiger charge is -2.37. The molecule has 1 heterocycles. The third kappa shape index (κ3) is 6.96. The SMILES string of the molecule is C=C/C=C(\C)CN1CCN(C(=O)C(CC2=CCCC=C2)NCC2=CCCC=C2)CC1. The summed E-state index contributed by atoms with van der Waals surface area (Å²) in [4.78, 5) is 17.9. The van der Waals surface area contributed by atoms with E-state index in [0.29, 0.717) is 0 Å². The van der Waals surface area contributed by atoms with Crippen LogP contribution in [0.1, 0.15) is 39.0 Å². The maximum atomic E-state index is 13.4. The summed E-state index contributed by atoms with van der Waals surface area (Å²) in [7, 11) is 0. The van der Waals surface area contributed by atoms with Gasteiger partial charge in [-0.15, -0.1) is 0 Å². The maximum Gasteiger partial charge on any atom is 0.240 e. The number of carbonyl (C=O) groups excluding carboxylic acids is 1. The number of rotatable bonds is 9. The highest BCUT2D eigenvalue weighted by molar-refractivity contribution is 5.82. The maximum absolute atomic E-state index is 13.4. The van der Waals surface area contributed by atoms with Gasteiger partial charge in [0.25, 0.3) is 0 Å². The number of nitrogens with one attached hydrogen (secondary N) is 1. The van der Waals surface area contributed by atoms with Crippen LogP contribution in [0.5, 0.6) is 0 Å². The van der Waals surface area contributed by atoms with Gasteiger partial charge in [0, 0.05) is 39.3 Å². The van der Waals surface area contributed by atoms with Crippen LogP contribution in [0.2, 0.25) is 0 Å². The van der Waals surface area contributed by atoms with E-state index in [9.17, 15) is 4.79 Å². The first-order chi connectivity index (χ1) is 14.7. The zero-order chi connectivity index (χ0) is 21.2. The Hall–Kier alpha value is -2.17. The van der Waals surface area contributed by atoms with Crippen molar-refractivity contribution >= 4 is 5.91 Å². The topological polar surface area (TPSA) is 35.6 Å². The molecule has 0 radical (unpaired) electrons. The number of hydrogen-bond donors (Lipinski definition) is 1. The molecule has 0 aromatic carbocycles. The predicted octanol–water partition coefficient (Wildman–Crippen LogP) is 4.16. The highest BCUT2D eigenvalue weighted by Gasteiger charge is 2.28. The van der Waals surface area contributed by atoms with E-state index in [1.54, 1.807) is 0 Å². The molecule has 0 spiro atoms. The van der Waals surface area contributed by atoms with Crippen LogP contribution in [0.3, 0.4) is 0 Å². The average molecular weight is 408 g/mol. The second-order valence-electron chi connectivity index (χ2n) is 8.51. The number of piperazine rings is 1. The molecule has 3 rings (SSSR count). The number of carbonyl (C=O) groups is 1. The van der Waals surface area contributed by atoms with Crippen LogP contribution in [0, 0.1) is 0 Å². The van der Waals surface area contributed by atoms with E-state index in [0.717, 1.165) is 71.4 Å². The van der Waals surface area contributed by atoms with Crippen LogP contribution in [0.25, 0.3) is 0 Å². The molecule has 4 heteroatoms. The molecule has 0 saturated carbocycles. The van der Waals surface area contributed by atoms with E-state index in [-0.39, 0.29) is 11.9 Å². The van der Waals surface area contributed by atoms with Crippen molar-refractivity contribution < 1.29 is 4.79 Å². The molecule has 1 amide bonds. The van der Waals surface area contributed by atoms with E-state index in [2.05, 4.69) is 71.2 Å². The predicted molar refractivity (Wildman–Crippen MR) is 126 cm³/mol. The molecule has 2 aliphatic carbocycles. The van der Waals surface area contributed by atoms with Gasteiger partial charge < -0.3 is 10.2 Å². The van der Waals surface area contributed by atoms with Crippen molar-refractivity contribution in [3.63, 3.8) is 0 Å². The van der Waals surface area contributed by atoms with E-state index in [4.69, 9.17) is 0 Å². The van der Waals surface area contributed by atoms with Crippen molar-refractivity contribution in [2.75, 3.05) is 39.3 Å². The molecule has 0 aromatic rings. The van der Waals surface area contributed by atoms with Gasteiger partial charge in [0.05, 0.1) is 6.04 Å². The number of hydrogen-bond acceptors (Lipinski definition) is 3. The van der Waals surface area contributed by atoms with Crippen molar-refractivity contribution in [3.05, 3.63) is 71.9 Å². The second kappa shape index (κ2) is 11.9. The Morgan fingerprint density at radius 3 is 2.33 bits per heavy atom. The molecule has 1 aliphatic heterocycles. The molecule has 4 nitrogen and oxygen atoms in total. The molecule has 1 N–H and O–H groups in total. The lowest BCUT2D eigenvalue weighted by atomic mass is 9.98. The largest absolute Gasteiger partial charge is 0.339 e. The minimum atomic E-state index is -0.163. The Balaban J connectivity index is 1.58. The fraction of sp³-hybridized carbons (Fsp3) is 0.500. The van der Waals surface area contributed by atoms with Gasteiger partial charge in [-0.25, -0.2) is 0 Å². The molecule has 3 aliphatic rings. The standard InChI is InChI=1S/C26H37N3O/c1-3-10-22(2)21-28-15-17-29(18-16-28)26(30)25(19-23-11-6-4-7-12-23)27-20-24-13-8-5-9-14-24/h3,6,8,10-14,25,27H,1,4-5,7,9,15-21H2,2H3/b22-10+. The van der Waals surface area contributed by atoms with Gasteiger partial charge in [-0.3, -0.25) is 9.69 Å². The summed E-state index contributed by atoms with van der Waals surface area (Å²) < 4.78 is 0. The van der Waals surface area contributed by atoms with Gasteiger partial charge in [0.2, 0.25) is 5.91 Å². The van der Waals surface area contributed by atoms with Crippen LogP contribution in [-0.4, -0.2) is 61.0 Å². The van der Waals surface area contributed by atoms with Crippen LogP contribution in [-0.2, 0) is 4.79 Å². The monoisotopic (exact) mass is 407 g/mol. The van der Waals surface area contributed by atoms with Gasteiger partial charge in [-0.1, -0.05) is 66.3 Å². The fourth-order valence-electron chi connectivity index (χ4n) is 4.29. The molecule has 1 fully saturated rings. The number of nitrogens with zero attached hydrogens (tertiary/aromatic N) is 2. The molecule has 0 aromatic heterocycles. The molecular formula is C26H37N3O. The van der Waals surface area contributed by atoms with Crippen LogP contribution >= 0.6 is 0 Å². The lowest BCUT2D eigenvalue weighted by Crippen LogP contribution is -2.54. The van der Waals surface area contributed by atoms with Crippen LogP contribution in [0.4, 0.5) is 0 Å². The van der Waals surface area contributed by atoms with Crippen molar-refractivity contribution in [2.45, 2.75) is 45.1 Å². The molecule has 0 bridgehead atoms. The molecule has 1 atom stereocenters. The molecule has 162 valence electrons. The minimum absolute atomic E-state index is 0.163. The Morgan fingerprint density at radius 1 is 1.07 bits per heavy atom. The normalized spacial score (nSPS) is 21.2. The fourth-order valence-corrected chi connectivity index (χ4v) is 4.29. The Kier molecular flexibility index (Phi) is 8.91. The summed E-state index contributed by atoms with van der Waals surface area (Å²) >= 11 is 0. The average Bonchev–Trinajstić information content (AvgIpc) is 2.78. The van der Waals surface area contributed by atoms with E-state index in [1.165, 1.54) is 16.7 Å². The zero-order valence-corrected chi connectivity index (χ0v) is 18.5. The first-order valence-electron chi connectivity index (χ1n) is 11.4. The first-order valence-corrected chi connectivity index (χ1v) is 11.4. The lowest BCUT2D eigenvalue weighted by molar-refractivity contribution is -0.135.